The van der Waals surface area contributed by atoms with E-state index in [1.165, 1.54) is 5.69 Å². The Kier molecular flexibility index (Phi) is 6.34. The van der Waals surface area contributed by atoms with Gasteiger partial charge in [0.1, 0.15) is 5.84 Å². The number of benzene rings is 1. The van der Waals surface area contributed by atoms with Gasteiger partial charge in [-0.05, 0) is 37.1 Å². The number of nitrogens with two attached hydrogens (primary N) is 1. The summed E-state index contributed by atoms with van der Waals surface area (Å²) in [6, 6.07) is 8.39. The van der Waals surface area contributed by atoms with E-state index in [0.29, 0.717) is 5.84 Å². The first-order valence-corrected chi connectivity index (χ1v) is 7.36. The summed E-state index contributed by atoms with van der Waals surface area (Å²) in [5.74, 6) is 0.301. The van der Waals surface area contributed by atoms with Gasteiger partial charge in [-0.15, -0.1) is 0 Å². The second-order valence-electron chi connectivity index (χ2n) is 6.19. The molecule has 1 aromatic rings. The van der Waals surface area contributed by atoms with Crippen LogP contribution in [0.4, 0.5) is 11.4 Å². The van der Waals surface area contributed by atoms with Crippen molar-refractivity contribution in [3.8, 4) is 0 Å². The second-order valence-corrected chi connectivity index (χ2v) is 6.19. The van der Waals surface area contributed by atoms with Crippen LogP contribution in [0.2, 0.25) is 0 Å². The van der Waals surface area contributed by atoms with Gasteiger partial charge in [0.2, 0.25) is 0 Å². The van der Waals surface area contributed by atoms with Gasteiger partial charge in [0.15, 0.2) is 0 Å². The molecule has 0 saturated carbocycles. The third-order valence-corrected chi connectivity index (χ3v) is 3.74. The van der Waals surface area contributed by atoms with E-state index in [2.05, 4.69) is 39.6 Å². The van der Waals surface area contributed by atoms with Crippen LogP contribution in [-0.2, 0) is 0 Å². The number of hydrogen-bond acceptors (Lipinski definition) is 4. The van der Waals surface area contributed by atoms with Crippen molar-refractivity contribution in [1.82, 2.24) is 0 Å². The zero-order valence-electron chi connectivity index (χ0n) is 13.6. The van der Waals surface area contributed by atoms with Crippen LogP contribution >= 0.6 is 0 Å². The number of rotatable bonds is 8. The molecule has 0 radical (unpaired) electrons. The van der Waals surface area contributed by atoms with Crippen LogP contribution in [0.15, 0.2) is 29.4 Å². The smallest absolute Gasteiger partial charge is 0.144 e. The Morgan fingerprint density at radius 3 is 2.38 bits per heavy atom. The topological polar surface area (TPSA) is 73.9 Å². The van der Waals surface area contributed by atoms with Crippen LogP contribution in [0, 0.1) is 5.41 Å². The molecule has 5 heteroatoms. The summed E-state index contributed by atoms with van der Waals surface area (Å²) in [4.78, 5) is 2.08. The minimum absolute atomic E-state index is 0.248. The van der Waals surface area contributed by atoms with E-state index < -0.39 is 0 Å². The average molecular weight is 292 g/mol. The van der Waals surface area contributed by atoms with E-state index in [-0.39, 0.29) is 5.41 Å². The molecule has 0 heterocycles. The van der Waals surface area contributed by atoms with Gasteiger partial charge in [0, 0.05) is 37.4 Å². The van der Waals surface area contributed by atoms with Crippen molar-refractivity contribution in [2.24, 2.45) is 16.3 Å². The van der Waals surface area contributed by atoms with Gasteiger partial charge in [-0.3, -0.25) is 0 Å². The van der Waals surface area contributed by atoms with Crippen LogP contribution in [0.25, 0.3) is 0 Å². The number of hydrogen-bond donors (Lipinski definition) is 3. The number of amidine groups is 1. The first-order chi connectivity index (χ1) is 9.86. The normalized spacial score (nSPS) is 12.3. The minimum Gasteiger partial charge on any atom is -0.409 e. The molecule has 4 N–H and O–H groups in total. The maximum absolute atomic E-state index is 8.73. The first-order valence-electron chi connectivity index (χ1n) is 7.36. The zero-order valence-corrected chi connectivity index (χ0v) is 13.6. The molecule has 1 aromatic carbocycles. The molecule has 0 saturated heterocycles. The van der Waals surface area contributed by atoms with Gasteiger partial charge >= 0.3 is 0 Å². The van der Waals surface area contributed by atoms with E-state index in [9.17, 15) is 0 Å². The monoisotopic (exact) mass is 292 g/mol. The van der Waals surface area contributed by atoms with Crippen molar-refractivity contribution in [3.63, 3.8) is 0 Å². The quantitative estimate of drug-likeness (QED) is 0.226. The largest absolute Gasteiger partial charge is 0.409 e. The third kappa shape index (κ3) is 5.53. The molecule has 0 aliphatic heterocycles. The van der Waals surface area contributed by atoms with Crippen LogP contribution in [0.3, 0.4) is 0 Å². The molecule has 1 rings (SSSR count). The molecular weight excluding hydrogens is 264 g/mol. The maximum Gasteiger partial charge on any atom is 0.144 e. The van der Waals surface area contributed by atoms with Crippen LogP contribution in [0.5, 0.6) is 0 Å². The van der Waals surface area contributed by atoms with Gasteiger partial charge < -0.3 is 21.2 Å². The lowest BCUT2D eigenvalue weighted by Crippen LogP contribution is -2.31. The maximum atomic E-state index is 8.73. The highest BCUT2D eigenvalue weighted by molar-refractivity contribution is 5.85. The van der Waals surface area contributed by atoms with Crippen molar-refractivity contribution in [1.29, 1.82) is 0 Å². The molecule has 0 fully saturated rings. The summed E-state index contributed by atoms with van der Waals surface area (Å²) >= 11 is 0. The van der Waals surface area contributed by atoms with E-state index in [1.807, 2.05) is 27.9 Å². The zero-order chi connectivity index (χ0) is 15.9. The van der Waals surface area contributed by atoms with E-state index in [1.54, 1.807) is 0 Å². The summed E-state index contributed by atoms with van der Waals surface area (Å²) in [6.07, 6.45) is 2.99. The summed E-state index contributed by atoms with van der Waals surface area (Å²) in [5.41, 5.74) is 7.76. The number of nitrogens with one attached hydrogen (secondary N) is 1. The Morgan fingerprint density at radius 1 is 1.24 bits per heavy atom. The van der Waals surface area contributed by atoms with Gasteiger partial charge in [0.25, 0.3) is 0 Å². The molecule has 0 bridgehead atoms. The lowest BCUT2D eigenvalue weighted by Gasteiger charge is -2.22. The highest BCUT2D eigenvalue weighted by Crippen LogP contribution is 2.23. The standard InChI is InChI=1S/C16H28N4O/c1-16(2,15(17)19-21)11-5-6-12-18-13-7-9-14(10-8-13)20(3)4/h7-10,18,21H,5-6,11-12H2,1-4H3,(H2,17,19). The van der Waals surface area contributed by atoms with Crippen LogP contribution < -0.4 is 16.0 Å². The lowest BCUT2D eigenvalue weighted by molar-refractivity contribution is 0.304. The molecule has 118 valence electrons. The van der Waals surface area contributed by atoms with E-state index in [4.69, 9.17) is 10.9 Å². The molecular formula is C16H28N4O. The number of oxime groups is 1. The molecule has 0 spiro atoms. The third-order valence-electron chi connectivity index (χ3n) is 3.74. The molecule has 21 heavy (non-hydrogen) atoms. The summed E-state index contributed by atoms with van der Waals surface area (Å²) in [6.45, 7) is 4.92. The van der Waals surface area contributed by atoms with Crippen molar-refractivity contribution in [2.45, 2.75) is 33.1 Å². The molecule has 5 nitrogen and oxygen atoms in total. The summed E-state index contributed by atoms with van der Waals surface area (Å²) < 4.78 is 0. The van der Waals surface area contributed by atoms with Crippen molar-refractivity contribution >= 4 is 17.2 Å². The Morgan fingerprint density at radius 2 is 1.86 bits per heavy atom. The summed E-state index contributed by atoms with van der Waals surface area (Å²) in [7, 11) is 4.07. The average Bonchev–Trinajstić information content (AvgIpc) is 2.46. The predicted octanol–water partition coefficient (Wildman–Crippen LogP) is 3.11. The minimum atomic E-state index is -0.248. The van der Waals surface area contributed by atoms with E-state index >= 15 is 0 Å². The van der Waals surface area contributed by atoms with Gasteiger partial charge in [-0.2, -0.15) is 0 Å². The first kappa shape index (κ1) is 17.1. The van der Waals surface area contributed by atoms with Gasteiger partial charge in [0.05, 0.1) is 0 Å². The van der Waals surface area contributed by atoms with Crippen molar-refractivity contribution in [3.05, 3.63) is 24.3 Å². The lowest BCUT2D eigenvalue weighted by atomic mass is 9.86. The molecule has 0 aliphatic rings. The van der Waals surface area contributed by atoms with Gasteiger partial charge in [-0.25, -0.2) is 0 Å². The molecule has 0 unspecified atom stereocenters. The SMILES string of the molecule is CN(C)c1ccc(NCCCCC(C)(C)/C(N)=N/O)cc1. The molecule has 0 atom stereocenters. The van der Waals surface area contributed by atoms with Gasteiger partial charge in [-0.1, -0.05) is 25.4 Å². The number of anilines is 2. The molecule has 0 aliphatic carbocycles. The highest BCUT2D eigenvalue weighted by Gasteiger charge is 2.22. The second kappa shape index (κ2) is 7.76. The predicted molar refractivity (Wildman–Crippen MR) is 90.3 cm³/mol. The fraction of sp³-hybridized carbons (Fsp3) is 0.562. The molecule has 0 aromatic heterocycles. The number of nitrogens with zero attached hydrogens (tertiary/aromatic N) is 2. The van der Waals surface area contributed by atoms with Crippen LogP contribution in [0.1, 0.15) is 33.1 Å². The Hall–Kier alpha value is -1.91. The Balaban J connectivity index is 2.28. The van der Waals surface area contributed by atoms with E-state index in [0.717, 1.165) is 31.5 Å². The summed E-state index contributed by atoms with van der Waals surface area (Å²) in [5, 5.41) is 15.2. The van der Waals surface area contributed by atoms with Crippen molar-refractivity contribution < 1.29 is 5.21 Å². The van der Waals surface area contributed by atoms with Crippen molar-refractivity contribution in [2.75, 3.05) is 30.9 Å². The Labute approximate surface area is 127 Å². The number of unbranched alkanes of at least 4 members (excludes halogenated alkanes) is 1. The highest BCUT2D eigenvalue weighted by atomic mass is 16.4. The Bertz CT molecular complexity index is 452. The van der Waals surface area contributed by atoms with Crippen LogP contribution in [-0.4, -0.2) is 31.7 Å². The fourth-order valence-electron chi connectivity index (χ4n) is 2.07. The fourth-order valence-corrected chi connectivity index (χ4v) is 2.07. The molecule has 0 amide bonds.